The van der Waals surface area contributed by atoms with Crippen LogP contribution < -0.4 is 5.73 Å². The monoisotopic (exact) mass is 143 g/mol. The maximum Gasteiger partial charge on any atom is 0.00131 e. The van der Waals surface area contributed by atoms with Gasteiger partial charge in [0.2, 0.25) is 0 Å². The Morgan fingerprint density at radius 2 is 1.60 bits per heavy atom. The van der Waals surface area contributed by atoms with Gasteiger partial charge in [-0.25, -0.2) is 0 Å². The number of hydrogen-bond donors (Lipinski definition) is 1. The molecule has 0 unspecified atom stereocenters. The standard InChI is InChI=1S/C9H21N/c1-5-7(2)8(3)6-9(4)10/h7-9H,5-6,10H2,1-4H3/t7-,8-,9+/m0/s1. The van der Waals surface area contributed by atoms with Gasteiger partial charge in [-0.2, -0.15) is 0 Å². The smallest absolute Gasteiger partial charge is 0.00131 e. The lowest BCUT2D eigenvalue weighted by Crippen LogP contribution is -2.21. The molecule has 0 radical (unpaired) electrons. The predicted octanol–water partition coefficient (Wildman–Crippen LogP) is 2.41. The second kappa shape index (κ2) is 4.73. The molecule has 1 nitrogen and oxygen atoms in total. The fraction of sp³-hybridized carbons (Fsp3) is 1.00. The molecule has 1 heteroatoms. The minimum atomic E-state index is 0.365. The van der Waals surface area contributed by atoms with Gasteiger partial charge in [-0.1, -0.05) is 27.2 Å². The summed E-state index contributed by atoms with van der Waals surface area (Å²) in [5, 5.41) is 0. The highest BCUT2D eigenvalue weighted by Crippen LogP contribution is 2.18. The van der Waals surface area contributed by atoms with Crippen LogP contribution in [0.2, 0.25) is 0 Å². The largest absolute Gasteiger partial charge is 0.328 e. The minimum Gasteiger partial charge on any atom is -0.328 e. The SMILES string of the molecule is CC[C@H](C)[C@@H](C)C[C@@H](C)N. The van der Waals surface area contributed by atoms with E-state index in [0.29, 0.717) is 6.04 Å². The Bertz CT molecular complexity index is 78.8. The van der Waals surface area contributed by atoms with E-state index in [9.17, 15) is 0 Å². The summed E-state index contributed by atoms with van der Waals surface area (Å²) in [6.45, 7) is 8.91. The van der Waals surface area contributed by atoms with E-state index in [2.05, 4.69) is 27.7 Å². The van der Waals surface area contributed by atoms with Gasteiger partial charge in [-0.3, -0.25) is 0 Å². The van der Waals surface area contributed by atoms with Crippen LogP contribution in [0.15, 0.2) is 0 Å². The van der Waals surface area contributed by atoms with Crippen molar-refractivity contribution in [3.05, 3.63) is 0 Å². The maximum atomic E-state index is 5.69. The van der Waals surface area contributed by atoms with Crippen molar-refractivity contribution in [1.82, 2.24) is 0 Å². The first-order valence-electron chi connectivity index (χ1n) is 4.33. The van der Waals surface area contributed by atoms with Crippen LogP contribution in [0.4, 0.5) is 0 Å². The Morgan fingerprint density at radius 1 is 1.10 bits per heavy atom. The van der Waals surface area contributed by atoms with E-state index in [0.717, 1.165) is 18.3 Å². The highest BCUT2D eigenvalue weighted by molar-refractivity contribution is 4.65. The lowest BCUT2D eigenvalue weighted by atomic mass is 9.89. The fourth-order valence-corrected chi connectivity index (χ4v) is 1.22. The van der Waals surface area contributed by atoms with Crippen molar-refractivity contribution >= 4 is 0 Å². The Hall–Kier alpha value is -0.0400. The van der Waals surface area contributed by atoms with Crippen molar-refractivity contribution in [2.75, 3.05) is 0 Å². The molecule has 0 amide bonds. The highest BCUT2D eigenvalue weighted by atomic mass is 14.6. The third kappa shape index (κ3) is 3.89. The second-order valence-corrected chi connectivity index (χ2v) is 3.58. The van der Waals surface area contributed by atoms with E-state index in [1.54, 1.807) is 0 Å². The van der Waals surface area contributed by atoms with Gasteiger partial charge in [0.1, 0.15) is 0 Å². The first kappa shape index (κ1) is 9.96. The summed E-state index contributed by atoms with van der Waals surface area (Å²) in [6, 6.07) is 0.365. The molecule has 10 heavy (non-hydrogen) atoms. The van der Waals surface area contributed by atoms with Crippen molar-refractivity contribution in [1.29, 1.82) is 0 Å². The third-order valence-electron chi connectivity index (χ3n) is 2.36. The van der Waals surface area contributed by atoms with E-state index in [1.807, 2.05) is 0 Å². The van der Waals surface area contributed by atoms with E-state index in [4.69, 9.17) is 5.73 Å². The molecule has 0 aliphatic heterocycles. The first-order chi connectivity index (χ1) is 4.57. The zero-order valence-corrected chi connectivity index (χ0v) is 7.72. The molecule has 0 heterocycles. The molecule has 0 rings (SSSR count). The van der Waals surface area contributed by atoms with Crippen LogP contribution in [-0.4, -0.2) is 6.04 Å². The second-order valence-electron chi connectivity index (χ2n) is 3.58. The van der Waals surface area contributed by atoms with E-state index in [-0.39, 0.29) is 0 Å². The molecule has 0 aliphatic rings. The van der Waals surface area contributed by atoms with Gasteiger partial charge in [-0.15, -0.1) is 0 Å². The molecule has 0 spiro atoms. The van der Waals surface area contributed by atoms with Gasteiger partial charge in [0, 0.05) is 6.04 Å². The number of rotatable bonds is 4. The summed E-state index contributed by atoms with van der Waals surface area (Å²) in [6.07, 6.45) is 2.43. The van der Waals surface area contributed by atoms with Crippen LogP contribution in [0.3, 0.4) is 0 Å². The van der Waals surface area contributed by atoms with Gasteiger partial charge < -0.3 is 5.73 Å². The molecule has 0 aliphatic carbocycles. The van der Waals surface area contributed by atoms with Crippen molar-refractivity contribution in [2.45, 2.75) is 46.6 Å². The number of hydrogen-bond acceptors (Lipinski definition) is 1. The summed E-state index contributed by atoms with van der Waals surface area (Å²) >= 11 is 0. The highest BCUT2D eigenvalue weighted by Gasteiger charge is 2.11. The van der Waals surface area contributed by atoms with Crippen molar-refractivity contribution in [3.63, 3.8) is 0 Å². The van der Waals surface area contributed by atoms with Crippen LogP contribution in [0.5, 0.6) is 0 Å². The van der Waals surface area contributed by atoms with Gasteiger partial charge in [-0.05, 0) is 25.2 Å². The average molecular weight is 143 g/mol. The summed E-state index contributed by atoms with van der Waals surface area (Å²) in [5.74, 6) is 1.61. The minimum absolute atomic E-state index is 0.365. The fourth-order valence-electron chi connectivity index (χ4n) is 1.22. The summed E-state index contributed by atoms with van der Waals surface area (Å²) in [7, 11) is 0. The van der Waals surface area contributed by atoms with Crippen LogP contribution in [0.1, 0.15) is 40.5 Å². The Labute approximate surface area is 65.0 Å². The Balaban J connectivity index is 3.50. The molecule has 0 aromatic carbocycles. The van der Waals surface area contributed by atoms with E-state index >= 15 is 0 Å². The van der Waals surface area contributed by atoms with Gasteiger partial charge in [0.25, 0.3) is 0 Å². The van der Waals surface area contributed by atoms with Crippen LogP contribution in [0, 0.1) is 11.8 Å². The molecule has 0 saturated heterocycles. The molecule has 0 saturated carbocycles. The molecule has 0 fully saturated rings. The predicted molar refractivity (Wildman–Crippen MR) is 46.9 cm³/mol. The third-order valence-corrected chi connectivity index (χ3v) is 2.36. The van der Waals surface area contributed by atoms with Crippen molar-refractivity contribution in [3.8, 4) is 0 Å². The summed E-state index contributed by atoms with van der Waals surface area (Å²) in [5.41, 5.74) is 5.69. The summed E-state index contributed by atoms with van der Waals surface area (Å²) in [4.78, 5) is 0. The van der Waals surface area contributed by atoms with Crippen LogP contribution >= 0.6 is 0 Å². The molecular formula is C9H21N. The van der Waals surface area contributed by atoms with Crippen LogP contribution in [0.25, 0.3) is 0 Å². The van der Waals surface area contributed by atoms with Gasteiger partial charge >= 0.3 is 0 Å². The van der Waals surface area contributed by atoms with Crippen molar-refractivity contribution in [2.24, 2.45) is 17.6 Å². The molecule has 0 aromatic heterocycles. The topological polar surface area (TPSA) is 26.0 Å². The molecule has 62 valence electrons. The Kier molecular flexibility index (Phi) is 4.71. The lowest BCUT2D eigenvalue weighted by molar-refractivity contribution is 0.336. The summed E-state index contributed by atoms with van der Waals surface area (Å²) < 4.78 is 0. The van der Waals surface area contributed by atoms with Crippen LogP contribution in [-0.2, 0) is 0 Å². The van der Waals surface area contributed by atoms with Gasteiger partial charge in [0.05, 0.1) is 0 Å². The molecule has 3 atom stereocenters. The van der Waals surface area contributed by atoms with Crippen molar-refractivity contribution < 1.29 is 0 Å². The zero-order valence-electron chi connectivity index (χ0n) is 7.72. The maximum absolute atomic E-state index is 5.69. The van der Waals surface area contributed by atoms with Gasteiger partial charge in [0.15, 0.2) is 0 Å². The Morgan fingerprint density at radius 3 is 1.90 bits per heavy atom. The molecule has 2 N–H and O–H groups in total. The van der Waals surface area contributed by atoms with E-state index < -0.39 is 0 Å². The quantitative estimate of drug-likeness (QED) is 0.642. The molecular weight excluding hydrogens is 122 g/mol. The molecule has 0 bridgehead atoms. The molecule has 0 aromatic rings. The normalized spacial score (nSPS) is 20.1. The number of nitrogens with two attached hydrogens (primary N) is 1. The first-order valence-corrected chi connectivity index (χ1v) is 4.33. The average Bonchev–Trinajstić information content (AvgIpc) is 1.85. The lowest BCUT2D eigenvalue weighted by Gasteiger charge is -2.19. The van der Waals surface area contributed by atoms with E-state index in [1.165, 1.54) is 6.42 Å². The zero-order chi connectivity index (χ0) is 8.15.